The SMILES string of the molecule is CC[C@H](C(=O)NC1CCCC1)N(Cc1ccccc1Cl)C(=O)CN(c1ccc(C)cc1)S(=O)(=O)c1ccc(C)cc1. The van der Waals surface area contributed by atoms with E-state index >= 15 is 0 Å². The van der Waals surface area contributed by atoms with Gasteiger partial charge in [0.15, 0.2) is 0 Å². The molecule has 218 valence electrons. The van der Waals surface area contributed by atoms with E-state index in [1.165, 1.54) is 4.90 Å². The van der Waals surface area contributed by atoms with Crippen LogP contribution in [0.4, 0.5) is 5.69 Å². The van der Waals surface area contributed by atoms with Crippen molar-refractivity contribution in [2.24, 2.45) is 0 Å². The van der Waals surface area contributed by atoms with E-state index in [9.17, 15) is 18.0 Å². The average Bonchev–Trinajstić information content (AvgIpc) is 3.46. The maximum atomic E-state index is 14.2. The van der Waals surface area contributed by atoms with Gasteiger partial charge in [0.25, 0.3) is 10.0 Å². The van der Waals surface area contributed by atoms with Gasteiger partial charge in [-0.1, -0.05) is 85.0 Å². The van der Waals surface area contributed by atoms with Gasteiger partial charge >= 0.3 is 0 Å². The number of aryl methyl sites for hydroxylation is 2. The number of carbonyl (C=O) groups excluding carboxylic acids is 2. The fourth-order valence-electron chi connectivity index (χ4n) is 5.17. The van der Waals surface area contributed by atoms with Gasteiger partial charge in [0.1, 0.15) is 12.6 Å². The zero-order chi connectivity index (χ0) is 29.6. The van der Waals surface area contributed by atoms with Crippen molar-refractivity contribution in [1.29, 1.82) is 0 Å². The van der Waals surface area contributed by atoms with Crippen molar-refractivity contribution in [3.05, 3.63) is 94.5 Å². The first-order valence-corrected chi connectivity index (χ1v) is 15.9. The van der Waals surface area contributed by atoms with Crippen LogP contribution in [0.15, 0.2) is 77.7 Å². The van der Waals surface area contributed by atoms with E-state index in [-0.39, 0.29) is 23.4 Å². The molecular weight excluding hydrogens is 558 g/mol. The molecule has 0 saturated heterocycles. The predicted molar refractivity (Wildman–Crippen MR) is 163 cm³/mol. The van der Waals surface area contributed by atoms with Crippen molar-refractivity contribution in [2.45, 2.75) is 76.4 Å². The second-order valence-electron chi connectivity index (χ2n) is 10.7. The molecule has 0 unspecified atom stereocenters. The van der Waals surface area contributed by atoms with Crippen LogP contribution in [0.25, 0.3) is 0 Å². The number of anilines is 1. The van der Waals surface area contributed by atoms with Crippen molar-refractivity contribution < 1.29 is 18.0 Å². The second kappa shape index (κ2) is 13.5. The Labute approximate surface area is 248 Å². The van der Waals surface area contributed by atoms with E-state index in [0.717, 1.165) is 41.1 Å². The summed E-state index contributed by atoms with van der Waals surface area (Å²) >= 11 is 6.47. The summed E-state index contributed by atoms with van der Waals surface area (Å²) in [4.78, 5) is 29.3. The lowest BCUT2D eigenvalue weighted by molar-refractivity contribution is -0.140. The lowest BCUT2D eigenvalue weighted by Gasteiger charge is -2.34. The van der Waals surface area contributed by atoms with Crippen LogP contribution in [0.5, 0.6) is 0 Å². The molecule has 0 bridgehead atoms. The molecule has 3 aromatic rings. The molecule has 0 heterocycles. The van der Waals surface area contributed by atoms with Crippen LogP contribution in [0, 0.1) is 13.8 Å². The van der Waals surface area contributed by atoms with Crippen molar-refractivity contribution >= 4 is 39.1 Å². The summed E-state index contributed by atoms with van der Waals surface area (Å²) in [5.41, 5.74) is 2.93. The minimum Gasteiger partial charge on any atom is -0.352 e. The Morgan fingerprint density at radius 1 is 0.927 bits per heavy atom. The van der Waals surface area contributed by atoms with E-state index in [1.807, 2.05) is 45.0 Å². The van der Waals surface area contributed by atoms with Gasteiger partial charge in [0.2, 0.25) is 11.8 Å². The molecule has 1 fully saturated rings. The number of nitrogens with one attached hydrogen (secondary N) is 1. The largest absolute Gasteiger partial charge is 0.352 e. The molecule has 3 aromatic carbocycles. The van der Waals surface area contributed by atoms with Crippen LogP contribution in [0.2, 0.25) is 5.02 Å². The maximum Gasteiger partial charge on any atom is 0.264 e. The third-order valence-electron chi connectivity index (χ3n) is 7.60. The topological polar surface area (TPSA) is 86.8 Å². The fourth-order valence-corrected chi connectivity index (χ4v) is 6.78. The summed E-state index contributed by atoms with van der Waals surface area (Å²) in [6.07, 6.45) is 4.32. The number of nitrogens with zero attached hydrogens (tertiary/aromatic N) is 2. The van der Waals surface area contributed by atoms with Crippen LogP contribution >= 0.6 is 11.6 Å². The number of amides is 2. The summed E-state index contributed by atoms with van der Waals surface area (Å²) in [7, 11) is -4.11. The molecule has 1 atom stereocenters. The molecule has 0 spiro atoms. The van der Waals surface area contributed by atoms with Crippen LogP contribution in [0.1, 0.15) is 55.7 Å². The number of benzene rings is 3. The van der Waals surface area contributed by atoms with Gasteiger partial charge in [-0.05, 0) is 69.0 Å². The number of hydrogen-bond donors (Lipinski definition) is 1. The first-order valence-electron chi connectivity index (χ1n) is 14.1. The molecule has 7 nitrogen and oxygen atoms in total. The minimum atomic E-state index is -4.11. The highest BCUT2D eigenvalue weighted by Crippen LogP contribution is 2.27. The molecular formula is C32H38ClN3O4S. The van der Waals surface area contributed by atoms with Gasteiger partial charge in [-0.2, -0.15) is 0 Å². The summed E-state index contributed by atoms with van der Waals surface area (Å²) in [6.45, 7) is 5.24. The number of carbonyl (C=O) groups is 2. The molecule has 0 aliphatic heterocycles. The molecule has 1 saturated carbocycles. The molecule has 2 amide bonds. The maximum absolute atomic E-state index is 14.2. The Balaban J connectivity index is 1.72. The van der Waals surface area contributed by atoms with Gasteiger partial charge in [-0.15, -0.1) is 0 Å². The highest BCUT2D eigenvalue weighted by atomic mass is 35.5. The van der Waals surface area contributed by atoms with Crippen molar-refractivity contribution in [2.75, 3.05) is 10.8 Å². The van der Waals surface area contributed by atoms with E-state index in [4.69, 9.17) is 11.6 Å². The number of halogens is 1. The van der Waals surface area contributed by atoms with E-state index in [2.05, 4.69) is 5.32 Å². The zero-order valence-electron chi connectivity index (χ0n) is 23.8. The van der Waals surface area contributed by atoms with Gasteiger partial charge in [0, 0.05) is 17.6 Å². The lowest BCUT2D eigenvalue weighted by Crippen LogP contribution is -2.53. The predicted octanol–water partition coefficient (Wildman–Crippen LogP) is 6.02. The first kappa shape index (κ1) is 30.6. The quantitative estimate of drug-likeness (QED) is 0.294. The third-order valence-corrected chi connectivity index (χ3v) is 9.75. The van der Waals surface area contributed by atoms with E-state index in [1.54, 1.807) is 48.5 Å². The molecule has 0 radical (unpaired) electrons. The molecule has 0 aromatic heterocycles. The molecule has 1 N–H and O–H groups in total. The number of hydrogen-bond acceptors (Lipinski definition) is 4. The third kappa shape index (κ3) is 7.49. The van der Waals surface area contributed by atoms with Crippen molar-refractivity contribution in [1.82, 2.24) is 10.2 Å². The van der Waals surface area contributed by atoms with Crippen molar-refractivity contribution in [3.8, 4) is 0 Å². The second-order valence-corrected chi connectivity index (χ2v) is 13.0. The highest BCUT2D eigenvalue weighted by Gasteiger charge is 2.34. The molecule has 4 rings (SSSR count). The fraction of sp³-hybridized carbons (Fsp3) is 0.375. The summed E-state index contributed by atoms with van der Waals surface area (Å²) < 4.78 is 29.0. The van der Waals surface area contributed by atoms with Crippen LogP contribution in [0.3, 0.4) is 0 Å². The zero-order valence-corrected chi connectivity index (χ0v) is 25.4. The highest BCUT2D eigenvalue weighted by molar-refractivity contribution is 7.92. The van der Waals surface area contributed by atoms with E-state index in [0.29, 0.717) is 22.7 Å². The lowest BCUT2D eigenvalue weighted by atomic mass is 10.1. The van der Waals surface area contributed by atoms with E-state index < -0.39 is 28.5 Å². The van der Waals surface area contributed by atoms with Crippen LogP contribution in [-0.4, -0.2) is 43.8 Å². The Kier molecular flexibility index (Phi) is 10.1. The normalized spacial score (nSPS) is 14.4. The first-order chi connectivity index (χ1) is 19.6. The summed E-state index contributed by atoms with van der Waals surface area (Å²) in [5, 5.41) is 3.59. The standard InChI is InChI=1S/C32H38ClN3O4S/c1-4-30(32(38)34-26-10-6-7-11-26)35(21-25-9-5-8-12-29(25)33)31(37)22-36(27-17-13-23(2)14-18-27)41(39,40)28-19-15-24(3)16-20-28/h5,8-9,12-20,26,30H,4,6-7,10-11,21-22H2,1-3H3,(H,34,38)/t30-/m1/s1. The summed E-state index contributed by atoms with van der Waals surface area (Å²) in [5.74, 6) is -0.724. The Bertz CT molecular complexity index is 1450. The molecule has 9 heteroatoms. The molecule has 1 aliphatic carbocycles. The smallest absolute Gasteiger partial charge is 0.264 e. The van der Waals surface area contributed by atoms with Gasteiger partial charge in [0.05, 0.1) is 10.6 Å². The molecule has 41 heavy (non-hydrogen) atoms. The number of sulfonamides is 1. The average molecular weight is 596 g/mol. The Morgan fingerprint density at radius 3 is 2.10 bits per heavy atom. The van der Waals surface area contributed by atoms with Crippen LogP contribution < -0.4 is 9.62 Å². The van der Waals surface area contributed by atoms with Gasteiger partial charge in [-0.25, -0.2) is 8.42 Å². The summed E-state index contributed by atoms with van der Waals surface area (Å²) in [6, 6.07) is 20.0. The monoisotopic (exact) mass is 595 g/mol. The Morgan fingerprint density at radius 2 is 1.51 bits per heavy atom. The van der Waals surface area contributed by atoms with Crippen molar-refractivity contribution in [3.63, 3.8) is 0 Å². The van der Waals surface area contributed by atoms with Crippen LogP contribution in [-0.2, 0) is 26.2 Å². The van der Waals surface area contributed by atoms with Gasteiger partial charge in [-0.3, -0.25) is 13.9 Å². The Hall–Kier alpha value is -3.36. The minimum absolute atomic E-state index is 0.0709. The van der Waals surface area contributed by atoms with Gasteiger partial charge < -0.3 is 10.2 Å². The number of rotatable bonds is 11. The molecule has 1 aliphatic rings.